The van der Waals surface area contributed by atoms with Crippen LogP contribution in [0.4, 0.5) is 4.39 Å². The summed E-state index contributed by atoms with van der Waals surface area (Å²) in [6, 6.07) is 16.3. The van der Waals surface area contributed by atoms with Gasteiger partial charge in [-0.05, 0) is 63.2 Å². The number of ether oxygens (including phenoxy) is 1. The number of hydrogen-bond donors (Lipinski definition) is 0. The molecule has 0 saturated heterocycles. The molecule has 0 amide bonds. The van der Waals surface area contributed by atoms with E-state index in [0.29, 0.717) is 11.4 Å². The molecule has 2 heterocycles. The summed E-state index contributed by atoms with van der Waals surface area (Å²) in [5.74, 6) is 0.387. The van der Waals surface area contributed by atoms with E-state index in [4.69, 9.17) is 4.74 Å². The van der Waals surface area contributed by atoms with Crippen molar-refractivity contribution in [3.8, 4) is 34.4 Å². The Morgan fingerprint density at radius 3 is 2.34 bits per heavy atom. The first-order valence-electron chi connectivity index (χ1n) is 9.42. The highest BCUT2D eigenvalue weighted by Crippen LogP contribution is 2.33. The molecule has 0 bridgehead atoms. The molecule has 0 aliphatic rings. The lowest BCUT2D eigenvalue weighted by Gasteiger charge is -2.13. The molecule has 2 aromatic heterocycles. The Kier molecular flexibility index (Phi) is 5.08. The number of benzene rings is 2. The van der Waals surface area contributed by atoms with Crippen molar-refractivity contribution >= 4 is 0 Å². The molecule has 0 aliphatic carbocycles. The average molecular weight is 388 g/mol. The summed E-state index contributed by atoms with van der Waals surface area (Å²) >= 11 is 0. The quantitative estimate of drug-likeness (QED) is 0.432. The van der Waals surface area contributed by atoms with E-state index < -0.39 is 0 Å². The number of rotatable bonds is 5. The smallest absolute Gasteiger partial charge is 0.322 e. The van der Waals surface area contributed by atoms with Crippen LogP contribution in [-0.4, -0.2) is 19.5 Å². The van der Waals surface area contributed by atoms with Gasteiger partial charge in [0.05, 0.1) is 23.4 Å². The topological polar surface area (TPSA) is 52.8 Å². The molecule has 0 N–H and O–H groups in total. The fraction of sp³-hybridized carbons (Fsp3) is 0.174. The lowest BCUT2D eigenvalue weighted by Crippen LogP contribution is -2.03. The second-order valence-electron chi connectivity index (χ2n) is 7.09. The number of hydrogen-bond acceptors (Lipinski definition) is 4. The van der Waals surface area contributed by atoms with Crippen LogP contribution in [0.3, 0.4) is 0 Å². The fourth-order valence-corrected chi connectivity index (χ4v) is 3.06. The predicted molar refractivity (Wildman–Crippen MR) is 110 cm³/mol. The molecule has 0 aliphatic heterocycles. The van der Waals surface area contributed by atoms with Gasteiger partial charge in [-0.15, -0.1) is 0 Å². The summed E-state index contributed by atoms with van der Waals surface area (Å²) < 4.78 is 21.3. The predicted octanol–water partition coefficient (Wildman–Crippen LogP) is 5.83. The summed E-state index contributed by atoms with van der Waals surface area (Å²) in [5.41, 5.74) is 4.23. The minimum atomic E-state index is -0.283. The third-order valence-electron chi connectivity index (χ3n) is 4.57. The van der Waals surface area contributed by atoms with Crippen molar-refractivity contribution in [2.75, 3.05) is 0 Å². The van der Waals surface area contributed by atoms with Gasteiger partial charge in [0.1, 0.15) is 11.6 Å². The van der Waals surface area contributed by atoms with E-state index in [1.807, 2.05) is 41.8 Å². The Balaban J connectivity index is 1.76. The molecule has 4 rings (SSSR count). The largest absolute Gasteiger partial charge is 0.424 e. The molecule has 0 radical (unpaired) electrons. The van der Waals surface area contributed by atoms with Crippen molar-refractivity contribution in [2.24, 2.45) is 0 Å². The lowest BCUT2D eigenvalue weighted by molar-refractivity contribution is 0.442. The monoisotopic (exact) mass is 388 g/mol. The minimum absolute atomic E-state index is 0.170. The van der Waals surface area contributed by atoms with Gasteiger partial charge in [0.15, 0.2) is 0 Å². The molecule has 29 heavy (non-hydrogen) atoms. The van der Waals surface area contributed by atoms with Crippen LogP contribution < -0.4 is 4.74 Å². The highest BCUT2D eigenvalue weighted by Gasteiger charge is 2.19. The first kappa shape index (κ1) is 18.8. The summed E-state index contributed by atoms with van der Waals surface area (Å²) in [4.78, 5) is 13.4. The van der Waals surface area contributed by atoms with E-state index in [-0.39, 0.29) is 17.9 Å². The van der Waals surface area contributed by atoms with Crippen molar-refractivity contribution < 1.29 is 9.13 Å². The Labute approximate surface area is 168 Å². The maximum Gasteiger partial charge on any atom is 0.322 e. The third kappa shape index (κ3) is 4.01. The number of imidazole rings is 1. The van der Waals surface area contributed by atoms with Crippen molar-refractivity contribution in [1.82, 2.24) is 19.5 Å². The number of nitrogens with zero attached hydrogens (tertiary/aromatic N) is 4. The van der Waals surface area contributed by atoms with Crippen LogP contribution in [0, 0.1) is 12.7 Å². The van der Waals surface area contributed by atoms with Crippen molar-refractivity contribution in [3.05, 3.63) is 78.5 Å². The Morgan fingerprint density at radius 2 is 1.66 bits per heavy atom. The normalized spacial score (nSPS) is 11.1. The van der Waals surface area contributed by atoms with Gasteiger partial charge in [-0.25, -0.2) is 14.4 Å². The lowest BCUT2D eigenvalue weighted by atomic mass is 10.1. The highest BCUT2D eigenvalue weighted by molar-refractivity contribution is 5.76. The minimum Gasteiger partial charge on any atom is -0.424 e. The molecule has 0 unspecified atom stereocenters. The zero-order valence-corrected chi connectivity index (χ0v) is 16.5. The molecular weight excluding hydrogens is 367 g/mol. The van der Waals surface area contributed by atoms with Crippen molar-refractivity contribution in [1.29, 1.82) is 0 Å². The van der Waals surface area contributed by atoms with Crippen LogP contribution in [0.15, 0.2) is 67.1 Å². The van der Waals surface area contributed by atoms with Gasteiger partial charge in [-0.2, -0.15) is 4.98 Å². The van der Waals surface area contributed by atoms with Gasteiger partial charge < -0.3 is 9.30 Å². The summed E-state index contributed by atoms with van der Waals surface area (Å²) in [5, 5.41) is 0. The number of aromatic nitrogens is 4. The summed E-state index contributed by atoms with van der Waals surface area (Å²) in [7, 11) is 0. The molecule has 0 atom stereocenters. The summed E-state index contributed by atoms with van der Waals surface area (Å²) in [6.07, 6.45) is 3.44. The molecule has 6 heteroatoms. The van der Waals surface area contributed by atoms with Crippen LogP contribution in [0.5, 0.6) is 11.8 Å². The van der Waals surface area contributed by atoms with Gasteiger partial charge >= 0.3 is 6.01 Å². The van der Waals surface area contributed by atoms with Crippen LogP contribution in [0.2, 0.25) is 0 Å². The Hall–Kier alpha value is -3.54. The Bertz CT molecular complexity index is 1120. The average Bonchev–Trinajstić information content (AvgIpc) is 3.16. The van der Waals surface area contributed by atoms with E-state index in [9.17, 15) is 4.39 Å². The molecule has 146 valence electrons. The van der Waals surface area contributed by atoms with E-state index in [0.717, 1.165) is 22.5 Å². The van der Waals surface area contributed by atoms with Crippen LogP contribution in [-0.2, 0) is 0 Å². The molecule has 5 nitrogen and oxygen atoms in total. The molecule has 2 aromatic carbocycles. The maximum atomic E-state index is 13.4. The van der Waals surface area contributed by atoms with E-state index in [1.54, 1.807) is 24.7 Å². The van der Waals surface area contributed by atoms with Gasteiger partial charge in [0, 0.05) is 17.8 Å². The third-order valence-corrected chi connectivity index (χ3v) is 4.57. The van der Waals surface area contributed by atoms with E-state index in [2.05, 4.69) is 28.8 Å². The first-order chi connectivity index (χ1) is 14.0. The van der Waals surface area contributed by atoms with Crippen LogP contribution in [0.1, 0.15) is 25.5 Å². The molecule has 0 spiro atoms. The van der Waals surface area contributed by atoms with E-state index in [1.165, 1.54) is 12.1 Å². The highest BCUT2D eigenvalue weighted by atomic mass is 19.1. The molecule has 0 saturated carbocycles. The van der Waals surface area contributed by atoms with E-state index >= 15 is 0 Å². The SMILES string of the molecule is Cc1ccc(Oc2nccc(-c3c(-c4ccc(F)cc4)ncn3C(C)C)n2)cc1. The summed E-state index contributed by atoms with van der Waals surface area (Å²) in [6.45, 7) is 6.17. The second-order valence-corrected chi connectivity index (χ2v) is 7.09. The fourth-order valence-electron chi connectivity index (χ4n) is 3.06. The van der Waals surface area contributed by atoms with Gasteiger partial charge in [-0.1, -0.05) is 17.7 Å². The maximum absolute atomic E-state index is 13.4. The molecular formula is C23H21FN4O. The van der Waals surface area contributed by atoms with Crippen LogP contribution in [0.25, 0.3) is 22.6 Å². The van der Waals surface area contributed by atoms with Crippen molar-refractivity contribution in [3.63, 3.8) is 0 Å². The Morgan fingerprint density at radius 1 is 0.931 bits per heavy atom. The second kappa shape index (κ2) is 7.83. The first-order valence-corrected chi connectivity index (χ1v) is 9.42. The van der Waals surface area contributed by atoms with Gasteiger partial charge in [-0.3, -0.25) is 0 Å². The number of aryl methyl sites for hydroxylation is 1. The number of halogens is 1. The van der Waals surface area contributed by atoms with Gasteiger partial charge in [0.25, 0.3) is 0 Å². The molecule has 0 fully saturated rings. The van der Waals surface area contributed by atoms with Crippen molar-refractivity contribution in [2.45, 2.75) is 26.8 Å². The van der Waals surface area contributed by atoms with Gasteiger partial charge in [0.2, 0.25) is 0 Å². The standard InChI is InChI=1S/C23H21FN4O/c1-15(2)28-14-26-21(17-6-8-18(24)9-7-17)22(28)20-12-13-25-23(27-20)29-19-10-4-16(3)5-11-19/h4-15H,1-3H3. The molecule has 4 aromatic rings. The zero-order chi connectivity index (χ0) is 20.4. The van der Waals surface area contributed by atoms with Crippen LogP contribution >= 0.6 is 0 Å². The zero-order valence-electron chi connectivity index (χ0n) is 16.5.